The maximum atomic E-state index is 12.3. The van der Waals surface area contributed by atoms with Crippen molar-refractivity contribution >= 4 is 5.91 Å². The molecule has 3 rings (SSSR count). The fourth-order valence-electron chi connectivity index (χ4n) is 3.16. The van der Waals surface area contributed by atoms with Gasteiger partial charge in [-0.1, -0.05) is 12.1 Å². The first kappa shape index (κ1) is 16.3. The third-order valence-corrected chi connectivity index (χ3v) is 4.62. The Bertz CT molecular complexity index is 546. The van der Waals surface area contributed by atoms with Gasteiger partial charge in [0.25, 0.3) is 5.91 Å². The maximum absolute atomic E-state index is 12.3. The lowest BCUT2D eigenvalue weighted by molar-refractivity contribution is -0.138. The van der Waals surface area contributed by atoms with Crippen LogP contribution in [0.5, 0.6) is 5.75 Å². The van der Waals surface area contributed by atoms with Crippen LogP contribution >= 0.6 is 0 Å². The molecule has 1 aromatic carbocycles. The summed E-state index contributed by atoms with van der Waals surface area (Å²) in [5.74, 6) is 1.25. The maximum Gasteiger partial charge on any atom is 0.260 e. The SMILES string of the molecule is Cc1ccc(C)c(OCC(=O)N2CCC(C3OCCO3)CC2)c1. The van der Waals surface area contributed by atoms with Gasteiger partial charge in [0.15, 0.2) is 12.9 Å². The fourth-order valence-corrected chi connectivity index (χ4v) is 3.16. The number of ether oxygens (including phenoxy) is 3. The number of hydrogen-bond donors (Lipinski definition) is 0. The summed E-state index contributed by atoms with van der Waals surface area (Å²) >= 11 is 0. The summed E-state index contributed by atoms with van der Waals surface area (Å²) in [5, 5.41) is 0. The quantitative estimate of drug-likeness (QED) is 0.854. The minimum atomic E-state index is -0.0709. The van der Waals surface area contributed by atoms with Crippen LogP contribution in [0.25, 0.3) is 0 Å². The van der Waals surface area contributed by atoms with Crippen LogP contribution in [0.3, 0.4) is 0 Å². The van der Waals surface area contributed by atoms with E-state index in [1.165, 1.54) is 0 Å². The number of piperidine rings is 1. The Morgan fingerprint density at radius 2 is 1.91 bits per heavy atom. The highest BCUT2D eigenvalue weighted by molar-refractivity contribution is 5.77. The summed E-state index contributed by atoms with van der Waals surface area (Å²) < 4.78 is 16.9. The molecule has 2 heterocycles. The van der Waals surface area contributed by atoms with E-state index in [1.54, 1.807) is 0 Å². The normalized spacial score (nSPS) is 20.0. The average molecular weight is 319 g/mol. The van der Waals surface area contributed by atoms with E-state index in [-0.39, 0.29) is 18.8 Å². The molecule has 2 aliphatic rings. The van der Waals surface area contributed by atoms with Gasteiger partial charge in [0.1, 0.15) is 5.75 Å². The monoisotopic (exact) mass is 319 g/mol. The molecule has 1 aromatic rings. The van der Waals surface area contributed by atoms with Gasteiger partial charge in [0, 0.05) is 19.0 Å². The Kier molecular flexibility index (Phi) is 5.18. The molecule has 1 amide bonds. The number of likely N-dealkylation sites (tertiary alicyclic amines) is 1. The van der Waals surface area contributed by atoms with Crippen LogP contribution in [0.15, 0.2) is 18.2 Å². The molecule has 23 heavy (non-hydrogen) atoms. The molecular formula is C18H25NO4. The Labute approximate surface area is 137 Å². The molecule has 0 aromatic heterocycles. The molecule has 126 valence electrons. The Morgan fingerprint density at radius 1 is 1.22 bits per heavy atom. The minimum absolute atomic E-state index is 0.0533. The van der Waals surface area contributed by atoms with Crippen LogP contribution in [0.1, 0.15) is 24.0 Å². The van der Waals surface area contributed by atoms with E-state index >= 15 is 0 Å². The summed E-state index contributed by atoms with van der Waals surface area (Å²) in [6.07, 6.45) is 1.79. The number of hydrogen-bond acceptors (Lipinski definition) is 4. The standard InChI is InChI=1S/C18H25NO4/c1-13-3-4-14(2)16(11-13)23-12-17(20)19-7-5-15(6-8-19)18-21-9-10-22-18/h3-4,11,15,18H,5-10,12H2,1-2H3. The van der Waals surface area contributed by atoms with Crippen LogP contribution in [0, 0.1) is 19.8 Å². The second-order valence-electron chi connectivity index (χ2n) is 6.39. The molecule has 0 spiro atoms. The summed E-state index contributed by atoms with van der Waals surface area (Å²) in [7, 11) is 0. The van der Waals surface area contributed by atoms with Crippen molar-refractivity contribution in [3.05, 3.63) is 29.3 Å². The summed E-state index contributed by atoms with van der Waals surface area (Å²) in [6.45, 7) is 7.00. The van der Waals surface area contributed by atoms with Crippen LogP contribution in [0.4, 0.5) is 0 Å². The van der Waals surface area contributed by atoms with Crippen molar-refractivity contribution in [2.24, 2.45) is 5.92 Å². The van der Waals surface area contributed by atoms with Gasteiger partial charge >= 0.3 is 0 Å². The largest absolute Gasteiger partial charge is 0.483 e. The van der Waals surface area contributed by atoms with Gasteiger partial charge in [0.2, 0.25) is 0 Å². The van der Waals surface area contributed by atoms with Gasteiger partial charge < -0.3 is 19.1 Å². The second-order valence-corrected chi connectivity index (χ2v) is 6.39. The zero-order valence-electron chi connectivity index (χ0n) is 13.9. The van der Waals surface area contributed by atoms with Gasteiger partial charge in [-0.05, 0) is 43.9 Å². The van der Waals surface area contributed by atoms with Crippen LogP contribution < -0.4 is 4.74 Å². The van der Waals surface area contributed by atoms with Crippen molar-refractivity contribution in [3.63, 3.8) is 0 Å². The van der Waals surface area contributed by atoms with E-state index in [0.717, 1.165) is 42.8 Å². The van der Waals surface area contributed by atoms with Crippen LogP contribution in [0.2, 0.25) is 0 Å². The second kappa shape index (κ2) is 7.32. The van der Waals surface area contributed by atoms with E-state index < -0.39 is 0 Å². The molecule has 0 unspecified atom stereocenters. The van der Waals surface area contributed by atoms with Crippen molar-refractivity contribution in [2.45, 2.75) is 33.0 Å². The molecule has 5 heteroatoms. The average Bonchev–Trinajstić information content (AvgIpc) is 3.10. The number of amides is 1. The molecule has 5 nitrogen and oxygen atoms in total. The first-order valence-electron chi connectivity index (χ1n) is 8.34. The lowest BCUT2D eigenvalue weighted by Gasteiger charge is -2.33. The molecule has 2 saturated heterocycles. The molecule has 0 atom stereocenters. The fraction of sp³-hybridized carbons (Fsp3) is 0.611. The Hall–Kier alpha value is -1.59. The minimum Gasteiger partial charge on any atom is -0.483 e. The van der Waals surface area contributed by atoms with Gasteiger partial charge in [-0.3, -0.25) is 4.79 Å². The first-order valence-corrected chi connectivity index (χ1v) is 8.34. The number of carbonyl (C=O) groups is 1. The van der Waals surface area contributed by atoms with Crippen molar-refractivity contribution in [2.75, 3.05) is 32.9 Å². The van der Waals surface area contributed by atoms with Gasteiger partial charge in [0.05, 0.1) is 13.2 Å². The number of rotatable bonds is 4. The van der Waals surface area contributed by atoms with E-state index in [1.807, 2.05) is 36.9 Å². The van der Waals surface area contributed by atoms with Crippen molar-refractivity contribution in [1.82, 2.24) is 4.90 Å². The molecular weight excluding hydrogens is 294 g/mol. The molecule has 0 aliphatic carbocycles. The number of nitrogens with zero attached hydrogens (tertiary/aromatic N) is 1. The highest BCUT2D eigenvalue weighted by Gasteiger charge is 2.31. The zero-order chi connectivity index (χ0) is 16.2. The molecule has 0 saturated carbocycles. The smallest absolute Gasteiger partial charge is 0.260 e. The number of benzene rings is 1. The van der Waals surface area contributed by atoms with E-state index in [2.05, 4.69) is 0 Å². The molecule has 0 bridgehead atoms. The third-order valence-electron chi connectivity index (χ3n) is 4.62. The number of aryl methyl sites for hydroxylation is 2. The van der Waals surface area contributed by atoms with Gasteiger partial charge in [-0.2, -0.15) is 0 Å². The van der Waals surface area contributed by atoms with Crippen molar-refractivity contribution < 1.29 is 19.0 Å². The zero-order valence-corrected chi connectivity index (χ0v) is 13.9. The molecule has 0 N–H and O–H groups in total. The molecule has 2 aliphatic heterocycles. The Morgan fingerprint density at radius 3 is 2.61 bits per heavy atom. The first-order chi connectivity index (χ1) is 11.1. The van der Waals surface area contributed by atoms with Crippen molar-refractivity contribution in [3.8, 4) is 5.75 Å². The topological polar surface area (TPSA) is 48.0 Å². The Balaban J connectivity index is 1.47. The summed E-state index contributed by atoms with van der Waals surface area (Å²) in [6, 6.07) is 6.04. The van der Waals surface area contributed by atoms with Gasteiger partial charge in [-0.15, -0.1) is 0 Å². The third kappa shape index (κ3) is 4.03. The van der Waals surface area contributed by atoms with E-state index in [4.69, 9.17) is 14.2 Å². The van der Waals surface area contributed by atoms with Gasteiger partial charge in [-0.25, -0.2) is 0 Å². The van der Waals surface area contributed by atoms with E-state index in [9.17, 15) is 4.79 Å². The predicted molar refractivity (Wildman–Crippen MR) is 86.4 cm³/mol. The van der Waals surface area contributed by atoms with Crippen LogP contribution in [-0.4, -0.2) is 50.0 Å². The molecule has 0 radical (unpaired) electrons. The van der Waals surface area contributed by atoms with Crippen molar-refractivity contribution in [1.29, 1.82) is 0 Å². The summed E-state index contributed by atoms with van der Waals surface area (Å²) in [4.78, 5) is 14.2. The van der Waals surface area contributed by atoms with Crippen LogP contribution in [-0.2, 0) is 14.3 Å². The number of carbonyl (C=O) groups excluding carboxylic acids is 1. The lowest BCUT2D eigenvalue weighted by Crippen LogP contribution is -2.43. The predicted octanol–water partition coefficient (Wildman–Crippen LogP) is 2.29. The molecule has 2 fully saturated rings. The van der Waals surface area contributed by atoms with E-state index in [0.29, 0.717) is 19.1 Å². The highest BCUT2D eigenvalue weighted by atomic mass is 16.7. The highest BCUT2D eigenvalue weighted by Crippen LogP contribution is 2.26. The lowest BCUT2D eigenvalue weighted by atomic mass is 9.96. The summed E-state index contributed by atoms with van der Waals surface area (Å²) in [5.41, 5.74) is 2.19.